The molecule has 4 rings (SSSR count). The van der Waals surface area contributed by atoms with E-state index in [9.17, 15) is 9.18 Å². The second-order valence-electron chi connectivity index (χ2n) is 6.10. The number of aryl methyl sites for hydroxylation is 1. The van der Waals surface area contributed by atoms with Gasteiger partial charge in [-0.25, -0.2) is 4.39 Å². The summed E-state index contributed by atoms with van der Waals surface area (Å²) in [4.78, 5) is 17.3. The number of furan rings is 1. The van der Waals surface area contributed by atoms with Crippen LogP contribution in [-0.2, 0) is 5.75 Å². The zero-order valence-corrected chi connectivity index (χ0v) is 16.3. The second-order valence-corrected chi connectivity index (χ2v) is 8.41. The minimum atomic E-state index is -0.336. The van der Waals surface area contributed by atoms with Gasteiger partial charge in [-0.2, -0.15) is 0 Å². The van der Waals surface area contributed by atoms with Crippen LogP contribution in [0.1, 0.15) is 21.7 Å². The van der Waals surface area contributed by atoms with Gasteiger partial charge < -0.3 is 9.73 Å². The van der Waals surface area contributed by atoms with Gasteiger partial charge in [-0.1, -0.05) is 41.7 Å². The van der Waals surface area contributed by atoms with Gasteiger partial charge in [0, 0.05) is 28.1 Å². The number of nitrogens with one attached hydrogen (secondary N) is 1. The number of amides is 1. The number of benzene rings is 2. The molecule has 2 aromatic carbocycles. The van der Waals surface area contributed by atoms with Crippen molar-refractivity contribution in [2.45, 2.75) is 12.7 Å². The Bertz CT molecular complexity index is 1050. The number of para-hydroxylation sites is 1. The van der Waals surface area contributed by atoms with Gasteiger partial charge in [-0.05, 0) is 36.8 Å². The van der Waals surface area contributed by atoms with E-state index in [2.05, 4.69) is 10.3 Å². The van der Waals surface area contributed by atoms with E-state index in [0.29, 0.717) is 22.6 Å². The topological polar surface area (TPSA) is 54.6 Å². The molecule has 0 radical (unpaired) electrons. The molecule has 0 aliphatic carbocycles. The maximum absolute atomic E-state index is 13.3. The SMILES string of the molecule is Cc1cc(F)ccc1NC(=O)c1oc2ccccc2c1CSC1=NCCS1. The predicted molar refractivity (Wildman–Crippen MR) is 111 cm³/mol. The van der Waals surface area contributed by atoms with Crippen LogP contribution in [0.15, 0.2) is 51.9 Å². The number of aliphatic imine (C=N–C) groups is 1. The van der Waals surface area contributed by atoms with Gasteiger partial charge >= 0.3 is 0 Å². The monoisotopic (exact) mass is 400 g/mol. The third kappa shape index (κ3) is 3.89. The van der Waals surface area contributed by atoms with E-state index in [1.807, 2.05) is 24.3 Å². The molecule has 0 atom stereocenters. The maximum atomic E-state index is 13.3. The van der Waals surface area contributed by atoms with Crippen molar-refractivity contribution in [1.82, 2.24) is 0 Å². The van der Waals surface area contributed by atoms with Crippen LogP contribution in [0, 0.1) is 12.7 Å². The molecule has 0 unspecified atom stereocenters. The molecule has 4 nitrogen and oxygen atoms in total. The number of hydrogen-bond acceptors (Lipinski definition) is 5. The Morgan fingerprint density at radius 1 is 1.33 bits per heavy atom. The minimum absolute atomic E-state index is 0.288. The third-order valence-electron chi connectivity index (χ3n) is 4.24. The van der Waals surface area contributed by atoms with Crippen LogP contribution in [0.5, 0.6) is 0 Å². The molecule has 27 heavy (non-hydrogen) atoms. The molecule has 2 heterocycles. The molecular formula is C20H17FN2O2S2. The van der Waals surface area contributed by atoms with Crippen LogP contribution in [-0.4, -0.2) is 22.6 Å². The van der Waals surface area contributed by atoms with Crippen molar-refractivity contribution in [1.29, 1.82) is 0 Å². The van der Waals surface area contributed by atoms with Crippen LogP contribution < -0.4 is 5.32 Å². The number of fused-ring (bicyclic) bond motifs is 1. The summed E-state index contributed by atoms with van der Waals surface area (Å²) in [5.41, 5.74) is 2.75. The molecule has 0 saturated carbocycles. The first-order valence-corrected chi connectivity index (χ1v) is 10.5. The van der Waals surface area contributed by atoms with Crippen molar-refractivity contribution in [2.24, 2.45) is 4.99 Å². The normalized spacial score (nSPS) is 13.8. The van der Waals surface area contributed by atoms with E-state index >= 15 is 0 Å². The number of hydrogen-bond donors (Lipinski definition) is 1. The predicted octanol–water partition coefficient (Wildman–Crippen LogP) is 5.47. The van der Waals surface area contributed by atoms with E-state index in [1.165, 1.54) is 12.1 Å². The van der Waals surface area contributed by atoms with E-state index in [-0.39, 0.29) is 17.5 Å². The van der Waals surface area contributed by atoms with E-state index in [0.717, 1.165) is 27.6 Å². The number of carbonyl (C=O) groups excluding carboxylic acids is 1. The second kappa shape index (κ2) is 7.78. The highest BCUT2D eigenvalue weighted by Crippen LogP contribution is 2.33. The number of thioether (sulfide) groups is 2. The molecule has 0 spiro atoms. The van der Waals surface area contributed by atoms with Crippen LogP contribution in [0.4, 0.5) is 10.1 Å². The van der Waals surface area contributed by atoms with Crippen molar-refractivity contribution in [3.05, 3.63) is 65.2 Å². The molecule has 138 valence electrons. The molecule has 0 saturated heterocycles. The standard InChI is InChI=1S/C20H17FN2O2S2/c1-12-10-13(21)6-7-16(12)23-19(24)18-15(11-27-20-22-8-9-26-20)14-4-2-3-5-17(14)25-18/h2-7,10H,8-9,11H2,1H3,(H,23,24). The van der Waals surface area contributed by atoms with Gasteiger partial charge in [0.2, 0.25) is 0 Å². The van der Waals surface area contributed by atoms with Crippen LogP contribution in [0.3, 0.4) is 0 Å². The van der Waals surface area contributed by atoms with Gasteiger partial charge in [0.15, 0.2) is 5.76 Å². The lowest BCUT2D eigenvalue weighted by atomic mass is 10.1. The highest BCUT2D eigenvalue weighted by molar-refractivity contribution is 8.38. The quantitative estimate of drug-likeness (QED) is 0.631. The Labute approximate surface area is 164 Å². The minimum Gasteiger partial charge on any atom is -0.451 e. The Morgan fingerprint density at radius 2 is 2.19 bits per heavy atom. The summed E-state index contributed by atoms with van der Waals surface area (Å²) in [5.74, 6) is 1.23. The average Bonchev–Trinajstić information content (AvgIpc) is 3.29. The summed E-state index contributed by atoms with van der Waals surface area (Å²) in [6.07, 6.45) is 0. The van der Waals surface area contributed by atoms with E-state index in [1.54, 1.807) is 36.5 Å². The Hall–Kier alpha value is -2.25. The number of anilines is 1. The zero-order valence-electron chi connectivity index (χ0n) is 14.6. The van der Waals surface area contributed by atoms with Gasteiger partial charge in [-0.15, -0.1) is 0 Å². The van der Waals surface area contributed by atoms with E-state index in [4.69, 9.17) is 4.42 Å². The summed E-state index contributed by atoms with van der Waals surface area (Å²) in [6, 6.07) is 11.9. The molecule has 3 aromatic rings. The van der Waals surface area contributed by atoms with Crippen molar-refractivity contribution in [3.63, 3.8) is 0 Å². The first-order valence-electron chi connectivity index (χ1n) is 8.50. The summed E-state index contributed by atoms with van der Waals surface area (Å²) in [7, 11) is 0. The van der Waals surface area contributed by atoms with Crippen LogP contribution >= 0.6 is 23.5 Å². The molecule has 7 heteroatoms. The Kier molecular flexibility index (Phi) is 5.22. The average molecular weight is 401 g/mol. The summed E-state index contributed by atoms with van der Waals surface area (Å²) in [5, 5.41) is 3.76. The molecule has 1 amide bonds. The molecule has 1 aliphatic rings. The fourth-order valence-electron chi connectivity index (χ4n) is 2.91. The van der Waals surface area contributed by atoms with Gasteiger partial charge in [0.25, 0.3) is 5.91 Å². The van der Waals surface area contributed by atoms with Crippen molar-refractivity contribution >= 4 is 50.5 Å². The smallest absolute Gasteiger partial charge is 0.291 e. The maximum Gasteiger partial charge on any atom is 0.291 e. The molecule has 1 N–H and O–H groups in total. The number of carbonyl (C=O) groups is 1. The highest BCUT2D eigenvalue weighted by atomic mass is 32.2. The van der Waals surface area contributed by atoms with Crippen molar-refractivity contribution < 1.29 is 13.6 Å². The van der Waals surface area contributed by atoms with Gasteiger partial charge in [0.05, 0.1) is 6.54 Å². The molecule has 1 aliphatic heterocycles. The van der Waals surface area contributed by atoms with Crippen molar-refractivity contribution in [2.75, 3.05) is 17.6 Å². The molecule has 0 fully saturated rings. The fraction of sp³-hybridized carbons (Fsp3) is 0.200. The number of halogens is 1. The van der Waals surface area contributed by atoms with Crippen LogP contribution in [0.25, 0.3) is 11.0 Å². The largest absolute Gasteiger partial charge is 0.451 e. The molecular weight excluding hydrogens is 383 g/mol. The lowest BCUT2D eigenvalue weighted by Gasteiger charge is -2.08. The Morgan fingerprint density at radius 3 is 2.96 bits per heavy atom. The molecule has 0 bridgehead atoms. The first-order chi connectivity index (χ1) is 13.1. The van der Waals surface area contributed by atoms with Gasteiger partial charge in [0.1, 0.15) is 15.8 Å². The summed E-state index contributed by atoms with van der Waals surface area (Å²) >= 11 is 3.36. The highest BCUT2D eigenvalue weighted by Gasteiger charge is 2.22. The lowest BCUT2D eigenvalue weighted by molar-refractivity contribution is 0.0997. The Balaban J connectivity index is 1.65. The first kappa shape index (κ1) is 18.1. The number of nitrogens with zero attached hydrogens (tertiary/aromatic N) is 1. The lowest BCUT2D eigenvalue weighted by Crippen LogP contribution is -2.13. The zero-order chi connectivity index (χ0) is 18.8. The van der Waals surface area contributed by atoms with Gasteiger partial charge in [-0.3, -0.25) is 9.79 Å². The fourth-order valence-corrected chi connectivity index (χ4v) is 4.95. The molecule has 1 aromatic heterocycles. The summed E-state index contributed by atoms with van der Waals surface area (Å²) in [6.45, 7) is 2.60. The summed E-state index contributed by atoms with van der Waals surface area (Å²) < 4.78 is 20.2. The van der Waals surface area contributed by atoms with Crippen LogP contribution in [0.2, 0.25) is 0 Å². The van der Waals surface area contributed by atoms with E-state index < -0.39 is 0 Å². The van der Waals surface area contributed by atoms with Crippen molar-refractivity contribution in [3.8, 4) is 0 Å². The third-order valence-corrected chi connectivity index (χ3v) is 6.52. The number of rotatable bonds is 4.